The summed E-state index contributed by atoms with van der Waals surface area (Å²) >= 11 is 0. The number of hydrogen-bond acceptors (Lipinski definition) is 2. The van der Waals surface area contributed by atoms with Crippen LogP contribution in [0.3, 0.4) is 0 Å². The summed E-state index contributed by atoms with van der Waals surface area (Å²) in [5.41, 5.74) is 53.6. The molecule has 8 aromatic carbocycles. The van der Waals surface area contributed by atoms with Crippen LogP contribution in [0.1, 0.15) is 226 Å². The lowest BCUT2D eigenvalue weighted by atomic mass is 9.58. The molecule has 12 aliphatic carbocycles. The highest BCUT2D eigenvalue weighted by Gasteiger charge is 2.52. The van der Waals surface area contributed by atoms with E-state index < -0.39 is 0 Å². The Balaban J connectivity index is 0.961. The van der Waals surface area contributed by atoms with Gasteiger partial charge in [-0.2, -0.15) is 0 Å². The maximum Gasteiger partial charge on any atom is 0.0703 e. The number of aryl methyl sites for hydroxylation is 8. The van der Waals surface area contributed by atoms with Crippen LogP contribution in [-0.4, -0.2) is 19.9 Å². The molecule has 0 fully saturated rings. The van der Waals surface area contributed by atoms with Gasteiger partial charge < -0.3 is 9.97 Å². The minimum atomic E-state index is 0.0143. The first-order valence-electron chi connectivity index (χ1n) is 32.1. The largest absolute Gasteiger partial charge is 0.355 e. The molecule has 0 saturated heterocycles. The number of aromatic nitrogens is 4. The summed E-state index contributed by atoms with van der Waals surface area (Å²) < 4.78 is 0. The number of allylic oxidation sites excluding steroid dienone is 4. The standard InChI is InChI=1S/C84H62N4/c1-37-17-15-31-51-61(37)71-49-29-13-19-39(3)63(49)73(51)79-57-35-59-81-76(70-47-27-11-23-43(7)67(47)83(81)68-44(8)24-12-28-48(68)70)54(86-59)34-56-78-72-50-30-14-20-40(4)64(50)74(52-32-16-18-38(2)62(52)72)80(78)58(88-56)36-60-82-75(53(85-60)33-55(87-57)77(71)79)69-45-25-9-21-41(5)65(45)84(82)66-42(6)22-10-26-46(66)69/h9-36,69-74,83-84,87-88H,1-8H3/t69?,70?,71-,72+,73-,74+,83?,84?. The molecule has 418 valence electrons. The molecule has 0 spiro atoms. The fourth-order valence-electron chi connectivity index (χ4n) is 20.5. The maximum atomic E-state index is 6.20. The Hall–Kier alpha value is -9.64. The van der Waals surface area contributed by atoms with Crippen molar-refractivity contribution in [1.82, 2.24) is 19.9 Å². The van der Waals surface area contributed by atoms with E-state index in [9.17, 15) is 0 Å². The number of H-pyrrole nitrogens is 2. The van der Waals surface area contributed by atoms with Gasteiger partial charge in [-0.15, -0.1) is 0 Å². The van der Waals surface area contributed by atoms with E-state index in [1.807, 2.05) is 0 Å². The van der Waals surface area contributed by atoms with Crippen LogP contribution in [0.15, 0.2) is 170 Å². The SMILES string of the molecule is Cc1cccc2c1C1C3=C(c4cc5[nH]c(cc6nc(cc7[nH]c(cc3n4)c3c7[C@@H]4c7cccc(C)c7[C@H]3c3cccc(C)c34)C3=C6C4c6c(C)cccc6C3c3cccc(C)c34)c3c5[C@H]4c5cccc(C)c5[C@@H]3c3cccc(C)c34)C2c2cccc(C)c21. The topological polar surface area (TPSA) is 57.4 Å². The van der Waals surface area contributed by atoms with Crippen LogP contribution in [-0.2, 0) is 0 Å². The fourth-order valence-corrected chi connectivity index (χ4v) is 20.5. The number of rotatable bonds is 0. The third kappa shape index (κ3) is 5.60. The Morgan fingerprint density at radius 3 is 0.614 bits per heavy atom. The molecule has 3 aromatic heterocycles. The summed E-state index contributed by atoms with van der Waals surface area (Å²) in [6.07, 6.45) is 0. The van der Waals surface area contributed by atoms with Gasteiger partial charge in [-0.25, -0.2) is 9.97 Å². The zero-order valence-corrected chi connectivity index (χ0v) is 50.7. The van der Waals surface area contributed by atoms with Gasteiger partial charge in [0.2, 0.25) is 0 Å². The van der Waals surface area contributed by atoms with Crippen molar-refractivity contribution in [3.8, 4) is 0 Å². The first kappa shape index (κ1) is 48.5. The van der Waals surface area contributed by atoms with Crippen LogP contribution in [0.25, 0.3) is 44.4 Å². The van der Waals surface area contributed by atoms with Gasteiger partial charge in [0.05, 0.1) is 22.8 Å². The van der Waals surface area contributed by atoms with Crippen molar-refractivity contribution in [2.75, 3.05) is 0 Å². The first-order valence-corrected chi connectivity index (χ1v) is 32.1. The summed E-state index contributed by atoms with van der Waals surface area (Å²) in [6, 6.07) is 66.6. The lowest BCUT2D eigenvalue weighted by Crippen LogP contribution is -2.28. The Labute approximate surface area is 512 Å². The third-order valence-corrected chi connectivity index (χ3v) is 23.5. The normalized spacial score (nSPS) is 22.0. The van der Waals surface area contributed by atoms with Gasteiger partial charge in [-0.1, -0.05) is 146 Å². The molecular weight excluding hydrogens is 1060 g/mol. The molecule has 2 N–H and O–H groups in total. The predicted octanol–water partition coefficient (Wildman–Crippen LogP) is 19.2. The van der Waals surface area contributed by atoms with Crippen molar-refractivity contribution in [3.05, 3.63) is 348 Å². The number of fused-ring (bicyclic) bond motifs is 8. The molecule has 25 rings (SSSR count). The van der Waals surface area contributed by atoms with Gasteiger partial charge in [0.1, 0.15) is 0 Å². The number of benzene rings is 8. The lowest BCUT2D eigenvalue weighted by Gasteiger charge is -2.43. The van der Waals surface area contributed by atoms with E-state index in [2.05, 4.69) is 235 Å². The molecule has 14 aliphatic rings. The minimum absolute atomic E-state index is 0.0143. The second-order valence-corrected chi connectivity index (χ2v) is 27.6. The number of aromatic amines is 2. The van der Waals surface area contributed by atoms with E-state index >= 15 is 0 Å². The molecule has 4 heteroatoms. The molecule has 2 aliphatic heterocycles. The maximum absolute atomic E-state index is 6.20. The zero-order valence-electron chi connectivity index (χ0n) is 50.7. The lowest BCUT2D eigenvalue weighted by molar-refractivity contribution is 0.757. The Kier molecular flexibility index (Phi) is 8.98. The van der Waals surface area contributed by atoms with Crippen LogP contribution in [0.2, 0.25) is 0 Å². The van der Waals surface area contributed by atoms with Crippen LogP contribution in [0.5, 0.6) is 0 Å². The molecule has 0 saturated carbocycles. The molecular formula is C84H62N4. The Morgan fingerprint density at radius 1 is 0.216 bits per heavy atom. The summed E-state index contributed by atoms with van der Waals surface area (Å²) in [6.45, 7) is 18.7. The van der Waals surface area contributed by atoms with Crippen molar-refractivity contribution >= 4 is 44.4 Å². The van der Waals surface area contributed by atoms with E-state index in [-0.39, 0.29) is 47.3 Å². The molecule has 88 heavy (non-hydrogen) atoms. The predicted molar refractivity (Wildman–Crippen MR) is 355 cm³/mol. The molecule has 0 radical (unpaired) electrons. The molecule has 4 nitrogen and oxygen atoms in total. The summed E-state index contributed by atoms with van der Waals surface area (Å²) in [5.74, 6) is 0.174. The Morgan fingerprint density at radius 2 is 0.398 bits per heavy atom. The summed E-state index contributed by atoms with van der Waals surface area (Å²) in [4.78, 5) is 21.2. The van der Waals surface area contributed by atoms with E-state index in [1.54, 1.807) is 0 Å². The van der Waals surface area contributed by atoms with Crippen LogP contribution >= 0.6 is 0 Å². The molecule has 0 amide bonds. The van der Waals surface area contributed by atoms with Crippen LogP contribution in [0, 0.1) is 55.4 Å². The van der Waals surface area contributed by atoms with Crippen LogP contribution in [0.4, 0.5) is 0 Å². The number of nitrogens with zero attached hydrogens (tertiary/aromatic N) is 2. The number of nitrogens with one attached hydrogen (secondary N) is 2. The van der Waals surface area contributed by atoms with Crippen molar-refractivity contribution in [3.63, 3.8) is 0 Å². The summed E-state index contributed by atoms with van der Waals surface area (Å²) in [5, 5.41) is 0. The quantitative estimate of drug-likeness (QED) is 0.159. The minimum Gasteiger partial charge on any atom is -0.355 e. The van der Waals surface area contributed by atoms with Crippen molar-refractivity contribution in [1.29, 1.82) is 0 Å². The van der Waals surface area contributed by atoms with Gasteiger partial charge in [-0.3, -0.25) is 0 Å². The first-order chi connectivity index (χ1) is 43.0. The smallest absolute Gasteiger partial charge is 0.0703 e. The van der Waals surface area contributed by atoms with Gasteiger partial charge in [-0.05, 0) is 258 Å². The van der Waals surface area contributed by atoms with Gasteiger partial charge in [0, 0.05) is 69.4 Å². The van der Waals surface area contributed by atoms with Gasteiger partial charge >= 0.3 is 0 Å². The van der Waals surface area contributed by atoms with E-state index in [4.69, 9.17) is 9.97 Å². The molecule has 16 bridgehead atoms. The third-order valence-electron chi connectivity index (χ3n) is 23.5. The average molecular weight is 1130 g/mol. The van der Waals surface area contributed by atoms with Crippen molar-refractivity contribution in [2.24, 2.45) is 0 Å². The van der Waals surface area contributed by atoms with E-state index in [1.165, 1.54) is 178 Å². The van der Waals surface area contributed by atoms with Gasteiger partial charge in [0.15, 0.2) is 0 Å². The van der Waals surface area contributed by atoms with Gasteiger partial charge in [0.25, 0.3) is 0 Å². The molecule has 0 unspecified atom stereocenters. The highest BCUT2D eigenvalue weighted by Crippen LogP contribution is 2.68. The highest BCUT2D eigenvalue weighted by molar-refractivity contribution is 6.08. The Bertz CT molecular complexity index is 5050. The van der Waals surface area contributed by atoms with Crippen molar-refractivity contribution < 1.29 is 0 Å². The average Bonchev–Trinajstić information content (AvgIpc) is 1.38. The van der Waals surface area contributed by atoms with E-state index in [0.717, 1.165) is 44.8 Å². The van der Waals surface area contributed by atoms with Crippen molar-refractivity contribution in [2.45, 2.75) is 103 Å². The highest BCUT2D eigenvalue weighted by atomic mass is 14.8. The van der Waals surface area contributed by atoms with Crippen LogP contribution < -0.4 is 0 Å². The number of hydrogen-bond donors (Lipinski definition) is 2. The molecule has 5 heterocycles. The zero-order chi connectivity index (χ0) is 58.3. The second kappa shape index (κ2) is 16.3. The second-order valence-electron chi connectivity index (χ2n) is 27.6. The molecule has 4 atom stereocenters. The molecule has 11 aromatic rings. The monoisotopic (exact) mass is 1130 g/mol. The van der Waals surface area contributed by atoms with E-state index in [0.29, 0.717) is 0 Å². The summed E-state index contributed by atoms with van der Waals surface area (Å²) in [7, 11) is 0. The fraction of sp³-hybridized carbons (Fsp3) is 0.190.